The molecule has 172 valence electrons. The Balaban J connectivity index is 0.00000341. The van der Waals surface area contributed by atoms with Crippen LogP contribution in [-0.4, -0.2) is 36.4 Å². The van der Waals surface area contributed by atoms with Gasteiger partial charge in [0.25, 0.3) is 0 Å². The van der Waals surface area contributed by atoms with Gasteiger partial charge in [-0.15, -0.1) is 24.0 Å². The van der Waals surface area contributed by atoms with E-state index in [0.717, 1.165) is 29.9 Å². The number of halogens is 1. The normalized spacial score (nSPS) is 14.8. The van der Waals surface area contributed by atoms with Gasteiger partial charge in [-0.3, -0.25) is 4.99 Å². The van der Waals surface area contributed by atoms with Crippen molar-refractivity contribution < 1.29 is 14.0 Å². The van der Waals surface area contributed by atoms with E-state index >= 15 is 0 Å². The fourth-order valence-corrected chi connectivity index (χ4v) is 3.36. The second-order valence-corrected chi connectivity index (χ2v) is 8.52. The molecule has 0 radical (unpaired) electrons. The minimum Gasteiger partial charge on any atom is -0.493 e. The summed E-state index contributed by atoms with van der Waals surface area (Å²) in [6.45, 7) is 7.09. The topological polar surface area (TPSA) is 93.8 Å². The molecule has 0 unspecified atom stereocenters. The first-order chi connectivity index (χ1) is 14.4. The van der Waals surface area contributed by atoms with Crippen LogP contribution >= 0.6 is 24.0 Å². The molecule has 0 atom stereocenters. The van der Waals surface area contributed by atoms with Gasteiger partial charge in [0.05, 0.1) is 19.8 Å². The minimum absolute atomic E-state index is 0. The first-order valence-corrected chi connectivity index (χ1v) is 10.5. The summed E-state index contributed by atoms with van der Waals surface area (Å²) >= 11 is 0. The molecule has 0 amide bonds. The lowest BCUT2D eigenvalue weighted by molar-refractivity contribution is 0.198. The second kappa shape index (κ2) is 11.5. The van der Waals surface area contributed by atoms with Crippen molar-refractivity contribution in [3.63, 3.8) is 0 Å². The van der Waals surface area contributed by atoms with E-state index in [1.54, 1.807) is 14.2 Å². The van der Waals surface area contributed by atoms with E-state index in [9.17, 15) is 0 Å². The Morgan fingerprint density at radius 2 is 1.90 bits per heavy atom. The molecule has 0 aliphatic heterocycles. The molecule has 31 heavy (non-hydrogen) atoms. The molecule has 1 aromatic heterocycles. The quantitative estimate of drug-likeness (QED) is 0.308. The molecule has 1 saturated carbocycles. The van der Waals surface area contributed by atoms with Crippen LogP contribution in [0.25, 0.3) is 0 Å². The highest BCUT2D eigenvalue weighted by atomic mass is 127. The third kappa shape index (κ3) is 6.98. The lowest BCUT2D eigenvalue weighted by atomic mass is 9.97. The van der Waals surface area contributed by atoms with E-state index in [0.29, 0.717) is 30.8 Å². The molecule has 0 spiro atoms. The monoisotopic (exact) mass is 543 g/mol. The predicted molar refractivity (Wildman–Crippen MR) is 131 cm³/mol. The molecule has 0 bridgehead atoms. The van der Waals surface area contributed by atoms with Gasteiger partial charge >= 0.3 is 0 Å². The molecule has 1 aliphatic rings. The highest BCUT2D eigenvalue weighted by molar-refractivity contribution is 14.0. The summed E-state index contributed by atoms with van der Waals surface area (Å²) in [5.41, 5.74) is 0.853. The molecular formula is C22H34IN5O3. The maximum absolute atomic E-state index is 6.30. The van der Waals surface area contributed by atoms with Crippen LogP contribution in [-0.2, 0) is 18.5 Å². The van der Waals surface area contributed by atoms with Crippen molar-refractivity contribution in [3.8, 4) is 11.5 Å². The number of para-hydroxylation sites is 1. The van der Waals surface area contributed by atoms with Gasteiger partial charge < -0.3 is 24.6 Å². The standard InChI is InChI=1S/C22H33N5O3.HI/c1-22(2,3)20-26-18(27-30-20)14-25-21(23-4)24-13-15-9-8-12-17(28-5)19(15)29-16-10-6-7-11-16;/h8-9,12,16H,6-7,10-11,13-14H2,1-5H3,(H2,23,24,25);1H. The first-order valence-electron chi connectivity index (χ1n) is 10.5. The number of guanidine groups is 1. The van der Waals surface area contributed by atoms with Gasteiger partial charge in [0.15, 0.2) is 23.3 Å². The SMILES string of the molecule is CN=C(NCc1noc(C(C)(C)C)n1)NCc1cccc(OC)c1OC1CCCC1.I. The molecule has 9 heteroatoms. The Hall–Kier alpha value is -2.04. The van der Waals surface area contributed by atoms with Gasteiger partial charge in [0.2, 0.25) is 5.89 Å². The van der Waals surface area contributed by atoms with Crippen LogP contribution < -0.4 is 20.1 Å². The molecular weight excluding hydrogens is 509 g/mol. The van der Waals surface area contributed by atoms with E-state index in [-0.39, 0.29) is 35.5 Å². The van der Waals surface area contributed by atoms with Crippen LogP contribution in [0.4, 0.5) is 0 Å². The Morgan fingerprint density at radius 3 is 2.52 bits per heavy atom. The molecule has 1 fully saturated rings. The molecule has 3 rings (SSSR count). The Morgan fingerprint density at radius 1 is 1.19 bits per heavy atom. The summed E-state index contributed by atoms with van der Waals surface area (Å²) in [7, 11) is 3.40. The molecule has 0 saturated heterocycles. The lowest BCUT2D eigenvalue weighted by Gasteiger charge is -2.20. The number of nitrogens with one attached hydrogen (secondary N) is 2. The number of hydrogen-bond donors (Lipinski definition) is 2. The van der Waals surface area contributed by atoms with Crippen LogP contribution in [0.3, 0.4) is 0 Å². The fourth-order valence-electron chi connectivity index (χ4n) is 3.36. The lowest BCUT2D eigenvalue weighted by Crippen LogP contribution is -2.36. The van der Waals surface area contributed by atoms with Gasteiger partial charge in [-0.1, -0.05) is 38.1 Å². The molecule has 1 heterocycles. The van der Waals surface area contributed by atoms with Gasteiger partial charge in [-0.25, -0.2) is 0 Å². The molecule has 2 aromatic rings. The number of aromatic nitrogens is 2. The van der Waals surface area contributed by atoms with E-state index < -0.39 is 0 Å². The zero-order valence-corrected chi connectivity index (χ0v) is 21.4. The third-order valence-electron chi connectivity index (χ3n) is 5.06. The number of nitrogens with zero attached hydrogens (tertiary/aromatic N) is 3. The van der Waals surface area contributed by atoms with Crippen molar-refractivity contribution in [3.05, 3.63) is 35.5 Å². The summed E-state index contributed by atoms with van der Waals surface area (Å²) in [4.78, 5) is 8.73. The van der Waals surface area contributed by atoms with Crippen LogP contribution in [0.2, 0.25) is 0 Å². The van der Waals surface area contributed by atoms with Crippen LogP contribution in [0.1, 0.15) is 63.7 Å². The average molecular weight is 543 g/mol. The van der Waals surface area contributed by atoms with Gasteiger partial charge in [-0.2, -0.15) is 4.98 Å². The maximum Gasteiger partial charge on any atom is 0.232 e. The Bertz CT molecular complexity index is 857. The van der Waals surface area contributed by atoms with E-state index in [1.807, 2.05) is 39.0 Å². The summed E-state index contributed by atoms with van der Waals surface area (Å²) < 4.78 is 17.2. The van der Waals surface area contributed by atoms with E-state index in [1.165, 1.54) is 12.8 Å². The van der Waals surface area contributed by atoms with Crippen molar-refractivity contribution in [1.82, 2.24) is 20.8 Å². The predicted octanol–water partition coefficient (Wildman–Crippen LogP) is 4.18. The Labute approximate surface area is 201 Å². The number of hydrogen-bond acceptors (Lipinski definition) is 6. The van der Waals surface area contributed by atoms with E-state index in [4.69, 9.17) is 14.0 Å². The maximum atomic E-state index is 6.30. The summed E-state index contributed by atoms with van der Waals surface area (Å²) in [6.07, 6.45) is 4.88. The van der Waals surface area contributed by atoms with Crippen LogP contribution in [0, 0.1) is 0 Å². The number of rotatable bonds is 7. The number of methoxy groups -OCH3 is 1. The molecule has 1 aromatic carbocycles. The van der Waals surface area contributed by atoms with Crippen molar-refractivity contribution >= 4 is 29.9 Å². The van der Waals surface area contributed by atoms with Gasteiger partial charge in [0, 0.05) is 24.6 Å². The van der Waals surface area contributed by atoms with Crippen molar-refractivity contribution in [1.29, 1.82) is 0 Å². The Kier molecular flexibility index (Phi) is 9.39. The van der Waals surface area contributed by atoms with Crippen LogP contribution in [0.15, 0.2) is 27.7 Å². The van der Waals surface area contributed by atoms with Crippen molar-refractivity contribution in [2.45, 2.75) is 71.1 Å². The highest BCUT2D eigenvalue weighted by Gasteiger charge is 2.22. The van der Waals surface area contributed by atoms with Gasteiger partial charge in [-0.05, 0) is 31.7 Å². The second-order valence-electron chi connectivity index (χ2n) is 8.52. The smallest absolute Gasteiger partial charge is 0.232 e. The third-order valence-corrected chi connectivity index (χ3v) is 5.06. The largest absolute Gasteiger partial charge is 0.493 e. The highest BCUT2D eigenvalue weighted by Crippen LogP contribution is 2.34. The zero-order valence-electron chi connectivity index (χ0n) is 19.0. The van der Waals surface area contributed by atoms with Crippen molar-refractivity contribution in [2.75, 3.05) is 14.2 Å². The molecule has 2 N–H and O–H groups in total. The summed E-state index contributed by atoms with van der Waals surface area (Å²) in [5, 5.41) is 10.6. The number of aliphatic imine (C=N–C) groups is 1. The minimum atomic E-state index is -0.173. The van der Waals surface area contributed by atoms with Crippen molar-refractivity contribution in [2.24, 2.45) is 4.99 Å². The zero-order chi connectivity index (χ0) is 21.6. The average Bonchev–Trinajstić information content (AvgIpc) is 3.40. The summed E-state index contributed by atoms with van der Waals surface area (Å²) in [5.74, 6) is 3.42. The number of ether oxygens (including phenoxy) is 2. The van der Waals surface area contributed by atoms with Gasteiger partial charge in [0.1, 0.15) is 0 Å². The fraction of sp³-hybridized carbons (Fsp3) is 0.591. The molecule has 1 aliphatic carbocycles. The van der Waals surface area contributed by atoms with Crippen LogP contribution in [0.5, 0.6) is 11.5 Å². The molecule has 8 nitrogen and oxygen atoms in total. The van der Waals surface area contributed by atoms with E-state index in [2.05, 4.69) is 25.8 Å². The summed E-state index contributed by atoms with van der Waals surface area (Å²) in [6, 6.07) is 5.95. The first kappa shape index (κ1) is 25.2. The number of benzene rings is 1.